The number of hydrogen-bond donors (Lipinski definition) is 2. The number of anilines is 2. The van der Waals surface area contributed by atoms with Crippen LogP contribution in [0.3, 0.4) is 0 Å². The summed E-state index contributed by atoms with van der Waals surface area (Å²) in [6.45, 7) is 1.95. The van der Waals surface area contributed by atoms with Gasteiger partial charge in [0, 0.05) is 13.6 Å². The third kappa shape index (κ3) is 6.58. The van der Waals surface area contributed by atoms with Gasteiger partial charge in [-0.3, -0.25) is 13.9 Å². The summed E-state index contributed by atoms with van der Waals surface area (Å²) in [7, 11) is -1.92. The molecule has 3 rings (SSSR count). The van der Waals surface area contributed by atoms with Crippen LogP contribution in [0.5, 0.6) is 5.75 Å². The molecule has 178 valence electrons. The number of sulfonamides is 1. The van der Waals surface area contributed by atoms with Crippen molar-refractivity contribution in [1.82, 2.24) is 5.32 Å². The van der Waals surface area contributed by atoms with Gasteiger partial charge < -0.3 is 15.4 Å². The summed E-state index contributed by atoms with van der Waals surface area (Å²) in [5.41, 5.74) is 2.15. The maximum Gasteiger partial charge on any atom is 0.265 e. The fraction of sp³-hybridized carbons (Fsp3) is 0.200. The second-order valence-corrected chi connectivity index (χ2v) is 9.70. The topological polar surface area (TPSA) is 105 Å². The predicted octanol–water partition coefficient (Wildman–Crippen LogP) is 3.42. The fourth-order valence-corrected chi connectivity index (χ4v) is 3.59. The Bertz CT molecular complexity index is 1250. The van der Waals surface area contributed by atoms with Crippen LogP contribution in [0.2, 0.25) is 0 Å². The van der Waals surface area contributed by atoms with E-state index >= 15 is 0 Å². The summed E-state index contributed by atoms with van der Waals surface area (Å²) in [4.78, 5) is 25.4. The molecule has 8 nitrogen and oxygen atoms in total. The van der Waals surface area contributed by atoms with E-state index in [0.717, 1.165) is 16.1 Å². The molecule has 0 aliphatic rings. The van der Waals surface area contributed by atoms with Gasteiger partial charge in [-0.05, 0) is 48.9 Å². The summed E-state index contributed by atoms with van der Waals surface area (Å²) in [6.07, 6.45) is 0.253. The van der Waals surface area contributed by atoms with E-state index in [1.54, 1.807) is 55.5 Å². The number of rotatable bonds is 9. The van der Waals surface area contributed by atoms with E-state index in [4.69, 9.17) is 4.74 Å². The van der Waals surface area contributed by atoms with E-state index in [-0.39, 0.29) is 5.91 Å². The first-order chi connectivity index (χ1) is 16.1. The highest BCUT2D eigenvalue weighted by molar-refractivity contribution is 7.92. The largest absolute Gasteiger partial charge is 0.481 e. The highest BCUT2D eigenvalue weighted by atomic mass is 32.2. The molecule has 0 heterocycles. The minimum absolute atomic E-state index is 0.307. The van der Waals surface area contributed by atoms with Crippen LogP contribution < -0.4 is 19.7 Å². The third-order valence-electron chi connectivity index (χ3n) is 5.11. The monoisotopic (exact) mass is 481 g/mol. The quantitative estimate of drug-likeness (QED) is 0.487. The van der Waals surface area contributed by atoms with Gasteiger partial charge in [0.2, 0.25) is 10.0 Å². The summed E-state index contributed by atoms with van der Waals surface area (Å²) in [5.74, 6) is -0.332. The van der Waals surface area contributed by atoms with Gasteiger partial charge in [0.25, 0.3) is 11.8 Å². The highest BCUT2D eigenvalue weighted by Crippen LogP contribution is 2.22. The molecule has 0 fully saturated rings. The van der Waals surface area contributed by atoms with E-state index in [2.05, 4.69) is 10.6 Å². The normalized spacial score (nSPS) is 11.9. The maximum absolute atomic E-state index is 12.7. The number of hydrogen-bond acceptors (Lipinski definition) is 5. The lowest BCUT2D eigenvalue weighted by molar-refractivity contribution is -0.122. The van der Waals surface area contributed by atoms with Gasteiger partial charge >= 0.3 is 0 Å². The number of amides is 2. The molecule has 0 bridgehead atoms. The van der Waals surface area contributed by atoms with Crippen molar-refractivity contribution in [3.8, 4) is 5.75 Å². The molecule has 2 amide bonds. The zero-order valence-corrected chi connectivity index (χ0v) is 20.0. The van der Waals surface area contributed by atoms with Crippen LogP contribution in [0, 0.1) is 0 Å². The van der Waals surface area contributed by atoms with Crippen LogP contribution in [0.15, 0.2) is 78.9 Å². The molecule has 0 spiro atoms. The summed E-state index contributed by atoms with van der Waals surface area (Å²) >= 11 is 0. The van der Waals surface area contributed by atoms with Crippen LogP contribution in [0.1, 0.15) is 22.8 Å². The van der Waals surface area contributed by atoms with Crippen molar-refractivity contribution in [2.24, 2.45) is 0 Å². The van der Waals surface area contributed by atoms with Gasteiger partial charge in [-0.25, -0.2) is 8.42 Å². The van der Waals surface area contributed by atoms with Crippen molar-refractivity contribution in [2.75, 3.05) is 22.9 Å². The second kappa shape index (κ2) is 10.8. The molecule has 0 saturated carbocycles. The Balaban J connectivity index is 1.62. The predicted molar refractivity (Wildman–Crippen MR) is 132 cm³/mol. The number of nitrogens with zero attached hydrogens (tertiary/aromatic N) is 1. The van der Waals surface area contributed by atoms with Gasteiger partial charge in [0.05, 0.1) is 23.2 Å². The molecule has 2 N–H and O–H groups in total. The first-order valence-corrected chi connectivity index (χ1v) is 12.4. The van der Waals surface area contributed by atoms with E-state index in [9.17, 15) is 18.0 Å². The standard InChI is InChI=1S/C25H27N3O5S/c1-18(33-21-15-13-20(14-16-21)28(2)34(3,31)32)24(29)27-23-12-8-7-11-22(23)25(30)26-17-19-9-5-4-6-10-19/h4-16,18H,17H2,1-3H3,(H,26,30)(H,27,29)/t18-/m1/s1. The van der Waals surface area contributed by atoms with Crippen molar-refractivity contribution in [2.45, 2.75) is 19.6 Å². The third-order valence-corrected chi connectivity index (χ3v) is 6.31. The van der Waals surface area contributed by atoms with Gasteiger partial charge in [-0.15, -0.1) is 0 Å². The number of ether oxygens (including phenoxy) is 1. The first kappa shape index (κ1) is 24.8. The molecular weight excluding hydrogens is 454 g/mol. The lowest BCUT2D eigenvalue weighted by Gasteiger charge is -2.19. The Morgan fingerprint density at radius 1 is 0.941 bits per heavy atom. The first-order valence-electron chi connectivity index (χ1n) is 10.6. The van der Waals surface area contributed by atoms with Crippen LogP contribution >= 0.6 is 0 Å². The Morgan fingerprint density at radius 3 is 2.21 bits per heavy atom. The Kier molecular flexibility index (Phi) is 7.91. The molecule has 0 unspecified atom stereocenters. The van der Waals surface area contributed by atoms with Crippen molar-refractivity contribution in [3.05, 3.63) is 90.0 Å². The summed E-state index contributed by atoms with van der Waals surface area (Å²) in [5, 5.41) is 5.60. The van der Waals surface area contributed by atoms with Crippen LogP contribution in [0.4, 0.5) is 11.4 Å². The molecule has 0 aliphatic carbocycles. The van der Waals surface area contributed by atoms with Gasteiger partial charge in [0.1, 0.15) is 5.75 Å². The SMILES string of the molecule is C[C@@H](Oc1ccc(N(C)S(C)(=O)=O)cc1)C(=O)Nc1ccccc1C(=O)NCc1ccccc1. The van der Waals surface area contributed by atoms with Crippen molar-refractivity contribution in [3.63, 3.8) is 0 Å². The Morgan fingerprint density at radius 2 is 1.56 bits per heavy atom. The van der Waals surface area contributed by atoms with Crippen LogP contribution in [-0.2, 0) is 21.4 Å². The van der Waals surface area contributed by atoms with E-state index in [0.29, 0.717) is 29.2 Å². The highest BCUT2D eigenvalue weighted by Gasteiger charge is 2.19. The van der Waals surface area contributed by atoms with Crippen molar-refractivity contribution < 1.29 is 22.7 Å². The smallest absolute Gasteiger partial charge is 0.265 e. The molecule has 34 heavy (non-hydrogen) atoms. The molecule has 3 aromatic carbocycles. The molecule has 9 heteroatoms. The average molecular weight is 482 g/mol. The number of carbonyl (C=O) groups excluding carboxylic acids is 2. The summed E-state index contributed by atoms with van der Waals surface area (Å²) in [6, 6.07) is 22.6. The minimum atomic E-state index is -3.38. The zero-order valence-electron chi connectivity index (χ0n) is 19.2. The molecule has 0 saturated heterocycles. The minimum Gasteiger partial charge on any atom is -0.481 e. The second-order valence-electron chi connectivity index (χ2n) is 7.69. The van der Waals surface area contributed by atoms with Crippen LogP contribution in [-0.4, -0.2) is 39.6 Å². The number of benzene rings is 3. The number of carbonyl (C=O) groups is 2. The number of para-hydroxylation sites is 1. The lowest BCUT2D eigenvalue weighted by Crippen LogP contribution is -2.31. The van der Waals surface area contributed by atoms with E-state index in [1.807, 2.05) is 30.3 Å². The summed E-state index contributed by atoms with van der Waals surface area (Å²) < 4.78 is 30.2. The zero-order chi connectivity index (χ0) is 24.7. The lowest BCUT2D eigenvalue weighted by atomic mass is 10.1. The maximum atomic E-state index is 12.7. The molecule has 0 aromatic heterocycles. The molecule has 0 aliphatic heterocycles. The number of nitrogens with one attached hydrogen (secondary N) is 2. The fourth-order valence-electron chi connectivity index (χ4n) is 3.08. The molecule has 0 radical (unpaired) electrons. The van der Waals surface area contributed by atoms with Gasteiger partial charge in [-0.2, -0.15) is 0 Å². The molecule has 1 atom stereocenters. The van der Waals surface area contributed by atoms with Gasteiger partial charge in [0.15, 0.2) is 6.10 Å². The van der Waals surface area contributed by atoms with E-state index < -0.39 is 22.0 Å². The Hall–Kier alpha value is -3.85. The van der Waals surface area contributed by atoms with E-state index in [1.165, 1.54) is 7.05 Å². The average Bonchev–Trinajstić information content (AvgIpc) is 2.83. The van der Waals surface area contributed by atoms with Crippen molar-refractivity contribution in [1.29, 1.82) is 0 Å². The van der Waals surface area contributed by atoms with Crippen LogP contribution in [0.25, 0.3) is 0 Å². The Labute approximate surface area is 199 Å². The van der Waals surface area contributed by atoms with Crippen molar-refractivity contribution >= 4 is 33.2 Å². The molecule has 3 aromatic rings. The molecular formula is C25H27N3O5S. The van der Waals surface area contributed by atoms with Gasteiger partial charge in [-0.1, -0.05) is 42.5 Å².